The molecule has 3 aromatic rings. The van der Waals surface area contributed by atoms with Gasteiger partial charge in [0.05, 0.1) is 0 Å². The van der Waals surface area contributed by atoms with Gasteiger partial charge in [0.15, 0.2) is 13.2 Å². The van der Waals surface area contributed by atoms with E-state index in [4.69, 9.17) is 19.7 Å². The van der Waals surface area contributed by atoms with Crippen LogP contribution in [0.2, 0.25) is 0 Å². The number of carbonyl (C=O) groups excluding carboxylic acids is 2. The molecule has 0 atom stereocenters. The summed E-state index contributed by atoms with van der Waals surface area (Å²) in [5.74, 6) is -2.23. The molecule has 174 valence electrons. The number of nitrogens with one attached hydrogen (secondary N) is 2. The second-order valence-corrected chi connectivity index (χ2v) is 6.90. The molecule has 0 saturated heterocycles. The largest absolute Gasteiger partial charge is 0.482 e. The molecule has 3 aromatic carbocycles. The normalized spacial score (nSPS) is 10.1. The molecule has 3 rings (SSSR count). The fourth-order valence-electron chi connectivity index (χ4n) is 2.74. The maximum atomic E-state index is 12.4. The van der Waals surface area contributed by atoms with Crippen molar-refractivity contribution in [3.8, 4) is 11.5 Å². The summed E-state index contributed by atoms with van der Waals surface area (Å²) < 4.78 is 10.1. The van der Waals surface area contributed by atoms with Gasteiger partial charge >= 0.3 is 11.9 Å². The number of hydrogen-bond donors (Lipinski definition) is 4. The number of carbonyl (C=O) groups is 4. The van der Waals surface area contributed by atoms with Gasteiger partial charge in [-0.05, 0) is 72.8 Å². The van der Waals surface area contributed by atoms with E-state index >= 15 is 0 Å². The van der Waals surface area contributed by atoms with Crippen molar-refractivity contribution in [1.29, 1.82) is 0 Å². The van der Waals surface area contributed by atoms with Crippen LogP contribution in [0.25, 0.3) is 0 Å². The Bertz CT molecular complexity index is 1080. The van der Waals surface area contributed by atoms with Crippen molar-refractivity contribution >= 4 is 35.1 Å². The van der Waals surface area contributed by atoms with E-state index in [0.29, 0.717) is 34.0 Å². The predicted molar refractivity (Wildman–Crippen MR) is 121 cm³/mol. The quantitative estimate of drug-likeness (QED) is 0.357. The van der Waals surface area contributed by atoms with Crippen LogP contribution < -0.4 is 20.1 Å². The van der Waals surface area contributed by atoms with Crippen LogP contribution in [-0.2, 0) is 9.59 Å². The van der Waals surface area contributed by atoms with E-state index in [2.05, 4.69) is 10.6 Å². The zero-order valence-corrected chi connectivity index (χ0v) is 17.7. The highest BCUT2D eigenvalue weighted by atomic mass is 16.5. The first-order valence-corrected chi connectivity index (χ1v) is 9.92. The third kappa shape index (κ3) is 7.09. The van der Waals surface area contributed by atoms with Crippen molar-refractivity contribution in [2.24, 2.45) is 0 Å². The first-order chi connectivity index (χ1) is 16.3. The highest BCUT2D eigenvalue weighted by molar-refractivity contribution is 6.07. The zero-order valence-electron chi connectivity index (χ0n) is 17.7. The van der Waals surface area contributed by atoms with Crippen molar-refractivity contribution in [2.45, 2.75) is 0 Å². The minimum Gasteiger partial charge on any atom is -0.482 e. The second-order valence-electron chi connectivity index (χ2n) is 6.90. The molecule has 10 heteroatoms. The number of carboxylic acids is 2. The maximum absolute atomic E-state index is 12.4. The Morgan fingerprint density at radius 1 is 0.559 bits per heavy atom. The Kier molecular flexibility index (Phi) is 7.79. The monoisotopic (exact) mass is 464 g/mol. The topological polar surface area (TPSA) is 151 Å². The molecule has 0 fully saturated rings. The molecule has 0 aromatic heterocycles. The van der Waals surface area contributed by atoms with Gasteiger partial charge in [-0.3, -0.25) is 9.59 Å². The van der Waals surface area contributed by atoms with Gasteiger partial charge in [0.1, 0.15) is 11.5 Å². The van der Waals surface area contributed by atoms with Crippen LogP contribution in [0.1, 0.15) is 20.7 Å². The molecule has 0 radical (unpaired) electrons. The molecule has 0 aliphatic heterocycles. The van der Waals surface area contributed by atoms with Gasteiger partial charge in [-0.25, -0.2) is 9.59 Å². The Balaban J connectivity index is 1.54. The summed E-state index contributed by atoms with van der Waals surface area (Å²) in [5.41, 5.74) is 1.65. The van der Waals surface area contributed by atoms with Gasteiger partial charge in [-0.1, -0.05) is 0 Å². The van der Waals surface area contributed by atoms with Gasteiger partial charge < -0.3 is 30.3 Å². The molecule has 0 spiro atoms. The number of ether oxygens (including phenoxy) is 2. The summed E-state index contributed by atoms with van der Waals surface area (Å²) >= 11 is 0. The summed E-state index contributed by atoms with van der Waals surface area (Å²) in [6, 6.07) is 18.5. The number of benzene rings is 3. The molecule has 0 heterocycles. The van der Waals surface area contributed by atoms with Crippen LogP contribution in [0.5, 0.6) is 11.5 Å². The summed E-state index contributed by atoms with van der Waals surface area (Å²) in [5, 5.41) is 22.6. The lowest BCUT2D eigenvalue weighted by atomic mass is 10.1. The minimum absolute atomic E-state index is 0.336. The third-order valence-corrected chi connectivity index (χ3v) is 4.36. The summed E-state index contributed by atoms with van der Waals surface area (Å²) in [6.45, 7) is -0.920. The summed E-state index contributed by atoms with van der Waals surface area (Å²) in [7, 11) is 0. The average Bonchev–Trinajstić information content (AvgIpc) is 2.83. The minimum atomic E-state index is -1.09. The molecule has 34 heavy (non-hydrogen) atoms. The van der Waals surface area contributed by atoms with E-state index < -0.39 is 25.2 Å². The summed E-state index contributed by atoms with van der Waals surface area (Å²) in [6.07, 6.45) is 0. The SMILES string of the molecule is O=C(O)COc1ccc(NC(=O)c2ccc(C(=O)Nc3ccc(OCC(=O)O)cc3)cc2)cc1. The van der Waals surface area contributed by atoms with Gasteiger partial charge in [-0.15, -0.1) is 0 Å². The second kappa shape index (κ2) is 11.1. The highest BCUT2D eigenvalue weighted by Crippen LogP contribution is 2.18. The van der Waals surface area contributed by atoms with Crippen LogP contribution >= 0.6 is 0 Å². The molecule has 0 unspecified atom stereocenters. The fourth-order valence-corrected chi connectivity index (χ4v) is 2.74. The molecule has 0 bridgehead atoms. The number of carboxylic acid groups (broad SMARTS) is 2. The smallest absolute Gasteiger partial charge is 0.341 e. The number of hydrogen-bond acceptors (Lipinski definition) is 6. The molecular weight excluding hydrogens is 444 g/mol. The van der Waals surface area contributed by atoms with Crippen LogP contribution in [0.3, 0.4) is 0 Å². The first-order valence-electron chi connectivity index (χ1n) is 9.92. The van der Waals surface area contributed by atoms with Gasteiger partial charge in [0.2, 0.25) is 0 Å². The van der Waals surface area contributed by atoms with E-state index in [9.17, 15) is 19.2 Å². The average molecular weight is 464 g/mol. The van der Waals surface area contributed by atoms with Crippen LogP contribution in [-0.4, -0.2) is 47.2 Å². The number of aliphatic carboxylic acids is 2. The van der Waals surface area contributed by atoms with Gasteiger partial charge in [0, 0.05) is 22.5 Å². The maximum Gasteiger partial charge on any atom is 0.341 e. The lowest BCUT2D eigenvalue weighted by Crippen LogP contribution is -2.14. The van der Waals surface area contributed by atoms with Crippen molar-refractivity contribution in [1.82, 2.24) is 0 Å². The lowest BCUT2D eigenvalue weighted by molar-refractivity contribution is -0.140. The fraction of sp³-hybridized carbons (Fsp3) is 0.0833. The Labute approximate surface area is 193 Å². The number of rotatable bonds is 10. The van der Waals surface area contributed by atoms with E-state index in [0.717, 1.165) is 0 Å². The summed E-state index contributed by atoms with van der Waals surface area (Å²) in [4.78, 5) is 45.9. The van der Waals surface area contributed by atoms with Crippen molar-refractivity contribution < 1.29 is 38.9 Å². The highest BCUT2D eigenvalue weighted by Gasteiger charge is 2.10. The van der Waals surface area contributed by atoms with E-state index in [1.54, 1.807) is 24.3 Å². The molecule has 10 nitrogen and oxygen atoms in total. The predicted octanol–water partition coefficient (Wildman–Crippen LogP) is 3.12. The van der Waals surface area contributed by atoms with Gasteiger partial charge in [-0.2, -0.15) is 0 Å². The van der Waals surface area contributed by atoms with E-state index in [-0.39, 0.29) is 11.8 Å². The Hall–Kier alpha value is -4.86. The van der Waals surface area contributed by atoms with Crippen molar-refractivity contribution in [3.63, 3.8) is 0 Å². The molecule has 0 saturated carbocycles. The number of anilines is 2. The van der Waals surface area contributed by atoms with Crippen molar-refractivity contribution in [3.05, 3.63) is 83.9 Å². The van der Waals surface area contributed by atoms with Crippen molar-refractivity contribution in [2.75, 3.05) is 23.8 Å². The standard InChI is InChI=1S/C24H20N2O8/c27-21(28)13-33-19-9-5-17(6-10-19)25-23(31)15-1-2-16(4-3-15)24(32)26-18-7-11-20(12-8-18)34-14-22(29)30/h1-12H,13-14H2,(H,25,31)(H,26,32)(H,27,28)(H,29,30). The molecule has 4 N–H and O–H groups in total. The lowest BCUT2D eigenvalue weighted by Gasteiger charge is -2.09. The Morgan fingerprint density at radius 3 is 1.18 bits per heavy atom. The molecule has 0 aliphatic rings. The first kappa shape index (κ1) is 23.8. The molecular formula is C24H20N2O8. The van der Waals surface area contributed by atoms with E-state index in [1.807, 2.05) is 0 Å². The van der Waals surface area contributed by atoms with Gasteiger partial charge in [0.25, 0.3) is 11.8 Å². The number of amides is 2. The van der Waals surface area contributed by atoms with Crippen LogP contribution in [0.15, 0.2) is 72.8 Å². The van der Waals surface area contributed by atoms with Crippen LogP contribution in [0.4, 0.5) is 11.4 Å². The van der Waals surface area contributed by atoms with E-state index in [1.165, 1.54) is 48.5 Å². The Morgan fingerprint density at radius 2 is 0.882 bits per heavy atom. The molecule has 0 aliphatic carbocycles. The zero-order chi connectivity index (χ0) is 24.5. The van der Waals surface area contributed by atoms with Crippen LogP contribution in [0, 0.1) is 0 Å². The molecule has 2 amide bonds. The third-order valence-electron chi connectivity index (χ3n) is 4.36.